The predicted molar refractivity (Wildman–Crippen MR) is 56.4 cm³/mol. The van der Waals surface area contributed by atoms with Crippen molar-refractivity contribution in [2.24, 2.45) is 5.73 Å². The Morgan fingerprint density at radius 2 is 1.89 bits per heavy atom. The Morgan fingerprint density at radius 3 is 2.44 bits per heavy atom. The molecule has 1 aromatic carbocycles. The van der Waals surface area contributed by atoms with Crippen LogP contribution in [0.3, 0.4) is 0 Å². The molecule has 0 bridgehead atoms. The first-order valence-corrected chi connectivity index (χ1v) is 5.17. The van der Waals surface area contributed by atoms with Gasteiger partial charge in [-0.15, -0.1) is 0 Å². The molecule has 0 aliphatic heterocycles. The molecule has 0 radical (unpaired) electrons. The van der Waals surface area contributed by atoms with E-state index in [1.807, 2.05) is 30.3 Å². The fraction of sp³-hybridized carbons (Fsp3) is 0.273. The van der Waals surface area contributed by atoms with Crippen LogP contribution in [0.4, 0.5) is 13.2 Å². The minimum atomic E-state index is -4.64. The Morgan fingerprint density at radius 1 is 1.22 bits per heavy atom. The van der Waals surface area contributed by atoms with Crippen LogP contribution in [-0.4, -0.2) is 10.1 Å². The first-order chi connectivity index (χ1) is 8.47. The summed E-state index contributed by atoms with van der Waals surface area (Å²) < 4.78 is 40.9. The van der Waals surface area contributed by atoms with Gasteiger partial charge in [0.15, 0.2) is 5.82 Å². The molecule has 7 heteroatoms. The Balaban J connectivity index is 2.10. The van der Waals surface area contributed by atoms with E-state index in [2.05, 4.69) is 14.7 Å². The number of alkyl halides is 3. The van der Waals surface area contributed by atoms with E-state index >= 15 is 0 Å². The van der Waals surface area contributed by atoms with Crippen LogP contribution in [0.25, 0.3) is 0 Å². The van der Waals surface area contributed by atoms with Crippen LogP contribution in [0.15, 0.2) is 34.9 Å². The third kappa shape index (κ3) is 2.86. The van der Waals surface area contributed by atoms with Crippen molar-refractivity contribution in [3.63, 3.8) is 0 Å². The summed E-state index contributed by atoms with van der Waals surface area (Å²) in [6.07, 6.45) is -4.30. The Labute approximate surface area is 101 Å². The van der Waals surface area contributed by atoms with Crippen LogP contribution in [0.2, 0.25) is 0 Å². The van der Waals surface area contributed by atoms with Gasteiger partial charge in [-0.05, 0) is 12.0 Å². The van der Waals surface area contributed by atoms with E-state index in [-0.39, 0.29) is 5.82 Å². The Kier molecular flexibility index (Phi) is 3.33. The summed E-state index contributed by atoms with van der Waals surface area (Å²) in [7, 11) is 0. The van der Waals surface area contributed by atoms with E-state index < -0.39 is 18.1 Å². The van der Waals surface area contributed by atoms with Crippen molar-refractivity contribution >= 4 is 0 Å². The minimum absolute atomic E-state index is 0.147. The summed E-state index contributed by atoms with van der Waals surface area (Å²) in [5, 5.41) is 3.25. The largest absolute Gasteiger partial charge is 0.471 e. The third-order valence-electron chi connectivity index (χ3n) is 2.31. The maximum Gasteiger partial charge on any atom is 0.471 e. The number of hydrogen-bond donors (Lipinski definition) is 1. The number of nitrogens with zero attached hydrogens (tertiary/aromatic N) is 2. The molecule has 0 fully saturated rings. The van der Waals surface area contributed by atoms with E-state index in [0.29, 0.717) is 6.42 Å². The van der Waals surface area contributed by atoms with Gasteiger partial charge in [0.2, 0.25) is 0 Å². The summed E-state index contributed by atoms with van der Waals surface area (Å²) in [5.74, 6) is -1.52. The summed E-state index contributed by atoms with van der Waals surface area (Å²) in [4.78, 5) is 3.25. The highest BCUT2D eigenvalue weighted by atomic mass is 19.4. The summed E-state index contributed by atoms with van der Waals surface area (Å²) in [5.41, 5.74) is 6.62. The molecule has 4 nitrogen and oxygen atoms in total. The number of nitrogens with two attached hydrogens (primary N) is 1. The molecule has 96 valence electrons. The van der Waals surface area contributed by atoms with Crippen LogP contribution in [0.1, 0.15) is 23.3 Å². The van der Waals surface area contributed by atoms with Crippen LogP contribution in [-0.2, 0) is 12.6 Å². The average Bonchev–Trinajstić information content (AvgIpc) is 2.79. The second-order valence-corrected chi connectivity index (χ2v) is 3.75. The molecule has 0 aliphatic carbocycles. The van der Waals surface area contributed by atoms with E-state index in [9.17, 15) is 13.2 Å². The molecule has 0 amide bonds. The Hall–Kier alpha value is -1.89. The lowest BCUT2D eigenvalue weighted by molar-refractivity contribution is -0.159. The smallest absolute Gasteiger partial charge is 0.329 e. The highest BCUT2D eigenvalue weighted by molar-refractivity contribution is 5.17. The SMILES string of the molecule is NC(Cc1ccccc1)c1noc(C(F)(F)F)n1. The predicted octanol–water partition coefficient (Wildman–Crippen LogP) is 2.33. The highest BCUT2D eigenvalue weighted by Crippen LogP contribution is 2.28. The normalized spacial score (nSPS) is 13.6. The van der Waals surface area contributed by atoms with Crippen molar-refractivity contribution in [3.8, 4) is 0 Å². The molecule has 1 unspecified atom stereocenters. The molecule has 0 saturated carbocycles. The molecule has 1 heterocycles. The first kappa shape index (κ1) is 12.6. The monoisotopic (exact) mass is 257 g/mol. The third-order valence-corrected chi connectivity index (χ3v) is 2.31. The van der Waals surface area contributed by atoms with Crippen molar-refractivity contribution in [3.05, 3.63) is 47.6 Å². The molecular weight excluding hydrogens is 247 g/mol. The highest BCUT2D eigenvalue weighted by Gasteiger charge is 2.38. The molecule has 1 atom stereocenters. The van der Waals surface area contributed by atoms with Gasteiger partial charge in [0.1, 0.15) is 0 Å². The minimum Gasteiger partial charge on any atom is -0.329 e. The van der Waals surface area contributed by atoms with Gasteiger partial charge in [-0.2, -0.15) is 18.2 Å². The van der Waals surface area contributed by atoms with Crippen LogP contribution < -0.4 is 5.73 Å². The first-order valence-electron chi connectivity index (χ1n) is 5.17. The number of rotatable bonds is 3. The van der Waals surface area contributed by atoms with Gasteiger partial charge < -0.3 is 10.3 Å². The van der Waals surface area contributed by atoms with E-state index in [4.69, 9.17) is 5.73 Å². The maximum absolute atomic E-state index is 12.3. The number of benzene rings is 1. The van der Waals surface area contributed by atoms with Gasteiger partial charge in [-0.1, -0.05) is 35.5 Å². The molecule has 0 spiro atoms. The lowest BCUT2D eigenvalue weighted by atomic mass is 10.1. The van der Waals surface area contributed by atoms with Gasteiger partial charge in [-0.25, -0.2) is 0 Å². The second kappa shape index (κ2) is 4.77. The summed E-state index contributed by atoms with van der Waals surface area (Å²) in [6, 6.07) is 8.39. The van der Waals surface area contributed by atoms with Crippen molar-refractivity contribution in [2.75, 3.05) is 0 Å². The second-order valence-electron chi connectivity index (χ2n) is 3.75. The standard InChI is InChI=1S/C11H10F3N3O/c12-11(13,14)10-16-9(17-18-10)8(15)6-7-4-2-1-3-5-7/h1-5,8H,6,15H2. The number of hydrogen-bond acceptors (Lipinski definition) is 4. The molecule has 2 rings (SSSR count). The van der Waals surface area contributed by atoms with Gasteiger partial charge in [0, 0.05) is 0 Å². The number of halogens is 3. The quantitative estimate of drug-likeness (QED) is 0.916. The Bertz CT molecular complexity index is 510. The van der Waals surface area contributed by atoms with Gasteiger partial charge in [0.05, 0.1) is 6.04 Å². The molecule has 2 N–H and O–H groups in total. The summed E-state index contributed by atoms with van der Waals surface area (Å²) in [6.45, 7) is 0. The van der Waals surface area contributed by atoms with Crippen LogP contribution in [0.5, 0.6) is 0 Å². The van der Waals surface area contributed by atoms with Crippen LogP contribution >= 0.6 is 0 Å². The van der Waals surface area contributed by atoms with Crippen molar-refractivity contribution in [1.29, 1.82) is 0 Å². The summed E-state index contributed by atoms with van der Waals surface area (Å²) >= 11 is 0. The fourth-order valence-corrected chi connectivity index (χ4v) is 1.46. The molecule has 0 aliphatic rings. The molecule has 2 aromatic rings. The van der Waals surface area contributed by atoms with Gasteiger partial charge in [-0.3, -0.25) is 0 Å². The number of aromatic nitrogens is 2. The average molecular weight is 257 g/mol. The van der Waals surface area contributed by atoms with Crippen molar-refractivity contribution in [1.82, 2.24) is 10.1 Å². The zero-order valence-electron chi connectivity index (χ0n) is 9.19. The van der Waals surface area contributed by atoms with Crippen molar-refractivity contribution < 1.29 is 17.7 Å². The van der Waals surface area contributed by atoms with E-state index in [0.717, 1.165) is 5.56 Å². The van der Waals surface area contributed by atoms with Gasteiger partial charge in [0.25, 0.3) is 0 Å². The zero-order valence-corrected chi connectivity index (χ0v) is 9.19. The van der Waals surface area contributed by atoms with E-state index in [1.165, 1.54) is 0 Å². The topological polar surface area (TPSA) is 64.9 Å². The fourth-order valence-electron chi connectivity index (χ4n) is 1.46. The zero-order chi connectivity index (χ0) is 13.2. The molecule has 18 heavy (non-hydrogen) atoms. The lowest BCUT2D eigenvalue weighted by Crippen LogP contribution is -2.15. The van der Waals surface area contributed by atoms with Crippen LogP contribution in [0, 0.1) is 0 Å². The molecule has 1 aromatic heterocycles. The van der Waals surface area contributed by atoms with E-state index in [1.54, 1.807) is 0 Å². The lowest BCUT2D eigenvalue weighted by Gasteiger charge is -2.06. The maximum atomic E-state index is 12.3. The van der Waals surface area contributed by atoms with Crippen molar-refractivity contribution in [2.45, 2.75) is 18.6 Å². The van der Waals surface area contributed by atoms with Gasteiger partial charge >= 0.3 is 12.1 Å². The molecular formula is C11H10F3N3O. The molecule has 0 saturated heterocycles.